The van der Waals surface area contributed by atoms with Crippen molar-refractivity contribution in [3.05, 3.63) is 42.5 Å². The van der Waals surface area contributed by atoms with Crippen LogP contribution in [0.3, 0.4) is 0 Å². The van der Waals surface area contributed by atoms with E-state index in [9.17, 15) is 4.79 Å². The van der Waals surface area contributed by atoms with Gasteiger partial charge >= 0.3 is 6.09 Å². The van der Waals surface area contributed by atoms with Crippen molar-refractivity contribution >= 4 is 11.8 Å². The van der Waals surface area contributed by atoms with Crippen LogP contribution in [0.4, 0.5) is 10.5 Å². The summed E-state index contributed by atoms with van der Waals surface area (Å²) >= 11 is 0. The number of anilines is 1. The third-order valence-electron chi connectivity index (χ3n) is 1.74. The van der Waals surface area contributed by atoms with E-state index in [0.717, 1.165) is 5.56 Å². The number of alkyl carbamates (subject to hydrolysis) is 1. The summed E-state index contributed by atoms with van der Waals surface area (Å²) in [6, 6.07) is 7.16. The van der Waals surface area contributed by atoms with Crippen LogP contribution >= 0.6 is 0 Å². The standard InChI is InChI=1S/C11H14N2O2/c1-2-7-13-11(14)15-8-9-3-5-10(12)6-4-9/h2-6H,1,7-8,12H2,(H,13,14). The molecule has 4 heteroatoms. The molecule has 0 unspecified atom stereocenters. The Morgan fingerprint density at radius 3 is 2.73 bits per heavy atom. The highest BCUT2D eigenvalue weighted by Gasteiger charge is 2.00. The smallest absolute Gasteiger partial charge is 0.407 e. The van der Waals surface area contributed by atoms with Gasteiger partial charge < -0.3 is 15.8 Å². The molecule has 4 nitrogen and oxygen atoms in total. The van der Waals surface area contributed by atoms with Crippen LogP contribution < -0.4 is 11.1 Å². The maximum Gasteiger partial charge on any atom is 0.407 e. The molecule has 0 bridgehead atoms. The molecule has 15 heavy (non-hydrogen) atoms. The van der Waals surface area contributed by atoms with Gasteiger partial charge in [0.1, 0.15) is 6.61 Å². The molecule has 0 atom stereocenters. The number of nitrogens with one attached hydrogen (secondary N) is 1. The van der Waals surface area contributed by atoms with Gasteiger partial charge in [-0.3, -0.25) is 0 Å². The quantitative estimate of drug-likeness (QED) is 0.582. The van der Waals surface area contributed by atoms with Crippen LogP contribution in [0, 0.1) is 0 Å². The summed E-state index contributed by atoms with van der Waals surface area (Å²) in [5.74, 6) is 0. The Labute approximate surface area is 88.7 Å². The summed E-state index contributed by atoms with van der Waals surface area (Å²) in [5.41, 5.74) is 7.11. The van der Waals surface area contributed by atoms with Crippen LogP contribution in [0.2, 0.25) is 0 Å². The zero-order chi connectivity index (χ0) is 11.1. The molecule has 0 aliphatic heterocycles. The summed E-state index contributed by atoms with van der Waals surface area (Å²) in [7, 11) is 0. The predicted octanol–water partition coefficient (Wildman–Crippen LogP) is 1.68. The van der Waals surface area contributed by atoms with Crippen LogP contribution in [0.5, 0.6) is 0 Å². The molecule has 0 saturated heterocycles. The number of hydrogen-bond acceptors (Lipinski definition) is 3. The van der Waals surface area contributed by atoms with Crippen molar-refractivity contribution in [3.63, 3.8) is 0 Å². The van der Waals surface area contributed by atoms with Gasteiger partial charge in [-0.05, 0) is 17.7 Å². The van der Waals surface area contributed by atoms with Crippen molar-refractivity contribution in [3.8, 4) is 0 Å². The molecular formula is C11H14N2O2. The lowest BCUT2D eigenvalue weighted by molar-refractivity contribution is 0.141. The molecule has 0 heterocycles. The lowest BCUT2D eigenvalue weighted by Crippen LogP contribution is -2.23. The van der Waals surface area contributed by atoms with Crippen molar-refractivity contribution in [2.75, 3.05) is 12.3 Å². The van der Waals surface area contributed by atoms with E-state index < -0.39 is 6.09 Å². The van der Waals surface area contributed by atoms with Gasteiger partial charge in [-0.1, -0.05) is 18.2 Å². The molecule has 1 amide bonds. The number of hydrogen-bond donors (Lipinski definition) is 2. The maximum absolute atomic E-state index is 11.0. The minimum absolute atomic E-state index is 0.239. The molecule has 1 aromatic rings. The molecule has 0 aliphatic rings. The van der Waals surface area contributed by atoms with Gasteiger partial charge in [-0.25, -0.2) is 4.79 Å². The third kappa shape index (κ3) is 4.17. The minimum atomic E-state index is -0.452. The van der Waals surface area contributed by atoms with E-state index in [4.69, 9.17) is 10.5 Å². The fourth-order valence-corrected chi connectivity index (χ4v) is 0.969. The average Bonchev–Trinajstić information content (AvgIpc) is 2.25. The summed E-state index contributed by atoms with van der Waals surface area (Å²) in [6.45, 7) is 4.12. The van der Waals surface area contributed by atoms with Crippen LogP contribution in [0.15, 0.2) is 36.9 Å². The Morgan fingerprint density at radius 2 is 2.13 bits per heavy atom. The summed E-state index contributed by atoms with van der Waals surface area (Å²) in [4.78, 5) is 11.0. The number of amides is 1. The van der Waals surface area contributed by atoms with Crippen LogP contribution in [0.1, 0.15) is 5.56 Å². The number of benzene rings is 1. The van der Waals surface area contributed by atoms with Gasteiger partial charge in [-0.2, -0.15) is 0 Å². The molecular weight excluding hydrogens is 192 g/mol. The topological polar surface area (TPSA) is 64.3 Å². The van der Waals surface area contributed by atoms with Gasteiger partial charge in [-0.15, -0.1) is 6.58 Å². The highest BCUT2D eigenvalue weighted by molar-refractivity contribution is 5.67. The largest absolute Gasteiger partial charge is 0.445 e. The van der Waals surface area contributed by atoms with Gasteiger partial charge in [0, 0.05) is 12.2 Å². The van der Waals surface area contributed by atoms with E-state index in [1.807, 2.05) is 12.1 Å². The second kappa shape index (κ2) is 5.70. The highest BCUT2D eigenvalue weighted by Crippen LogP contribution is 2.06. The molecule has 1 rings (SSSR count). The molecule has 80 valence electrons. The average molecular weight is 206 g/mol. The van der Waals surface area contributed by atoms with Crippen LogP contribution in [-0.2, 0) is 11.3 Å². The van der Waals surface area contributed by atoms with Gasteiger partial charge in [0.25, 0.3) is 0 Å². The highest BCUT2D eigenvalue weighted by atomic mass is 16.5. The Hall–Kier alpha value is -1.97. The van der Waals surface area contributed by atoms with E-state index in [1.165, 1.54) is 0 Å². The predicted molar refractivity (Wildman–Crippen MR) is 59.2 cm³/mol. The van der Waals surface area contributed by atoms with E-state index in [-0.39, 0.29) is 6.61 Å². The molecule has 1 aromatic carbocycles. The zero-order valence-electron chi connectivity index (χ0n) is 8.40. The lowest BCUT2D eigenvalue weighted by Gasteiger charge is -2.05. The van der Waals surface area contributed by atoms with Crippen LogP contribution in [-0.4, -0.2) is 12.6 Å². The summed E-state index contributed by atoms with van der Waals surface area (Å²) < 4.78 is 4.93. The van der Waals surface area contributed by atoms with Crippen molar-refractivity contribution in [1.82, 2.24) is 5.32 Å². The van der Waals surface area contributed by atoms with E-state index >= 15 is 0 Å². The number of carbonyl (C=O) groups excluding carboxylic acids is 1. The Bertz CT molecular complexity index is 333. The lowest BCUT2D eigenvalue weighted by atomic mass is 10.2. The molecule has 0 radical (unpaired) electrons. The van der Waals surface area contributed by atoms with Crippen molar-refractivity contribution < 1.29 is 9.53 Å². The van der Waals surface area contributed by atoms with E-state index in [1.54, 1.807) is 18.2 Å². The molecule has 0 aliphatic carbocycles. The zero-order valence-corrected chi connectivity index (χ0v) is 8.40. The number of ether oxygens (including phenoxy) is 1. The fraction of sp³-hybridized carbons (Fsp3) is 0.182. The first-order valence-electron chi connectivity index (χ1n) is 4.58. The number of carbonyl (C=O) groups is 1. The number of nitrogens with two attached hydrogens (primary N) is 1. The van der Waals surface area contributed by atoms with Crippen molar-refractivity contribution in [2.45, 2.75) is 6.61 Å². The Morgan fingerprint density at radius 1 is 1.47 bits per heavy atom. The molecule has 0 saturated carbocycles. The Kier molecular flexibility index (Phi) is 4.22. The minimum Gasteiger partial charge on any atom is -0.445 e. The normalized spacial score (nSPS) is 9.33. The Balaban J connectivity index is 2.33. The van der Waals surface area contributed by atoms with E-state index in [2.05, 4.69) is 11.9 Å². The molecule has 0 spiro atoms. The van der Waals surface area contributed by atoms with Crippen molar-refractivity contribution in [1.29, 1.82) is 0 Å². The maximum atomic E-state index is 11.0. The summed E-state index contributed by atoms with van der Waals surface area (Å²) in [5, 5.41) is 2.51. The number of rotatable bonds is 4. The third-order valence-corrected chi connectivity index (χ3v) is 1.74. The first kappa shape index (κ1) is 11.1. The summed E-state index contributed by atoms with van der Waals surface area (Å²) in [6.07, 6.45) is 1.14. The van der Waals surface area contributed by atoms with Crippen LogP contribution in [0.25, 0.3) is 0 Å². The monoisotopic (exact) mass is 206 g/mol. The SMILES string of the molecule is C=CCNC(=O)OCc1ccc(N)cc1. The number of nitrogen functional groups attached to an aromatic ring is 1. The fourth-order valence-electron chi connectivity index (χ4n) is 0.969. The van der Waals surface area contributed by atoms with Gasteiger partial charge in [0.05, 0.1) is 0 Å². The van der Waals surface area contributed by atoms with Crippen molar-refractivity contribution in [2.24, 2.45) is 0 Å². The van der Waals surface area contributed by atoms with Gasteiger partial charge in [0.15, 0.2) is 0 Å². The molecule has 0 fully saturated rings. The first-order valence-corrected chi connectivity index (χ1v) is 4.58. The van der Waals surface area contributed by atoms with Gasteiger partial charge in [0.2, 0.25) is 0 Å². The molecule has 3 N–H and O–H groups in total. The second-order valence-electron chi connectivity index (χ2n) is 2.99. The second-order valence-corrected chi connectivity index (χ2v) is 2.99. The first-order chi connectivity index (χ1) is 7.22. The molecule has 0 aromatic heterocycles. The van der Waals surface area contributed by atoms with E-state index in [0.29, 0.717) is 12.2 Å².